The monoisotopic (exact) mass is 402 g/mol. The third-order valence-corrected chi connectivity index (χ3v) is 7.27. The molecule has 140 valence electrons. The number of carbonyl (C=O) groups excluding carboxylic acids is 1. The summed E-state index contributed by atoms with van der Waals surface area (Å²) in [5.74, 6) is 0.676. The molecule has 1 aliphatic rings. The van der Waals surface area contributed by atoms with Gasteiger partial charge in [0.2, 0.25) is 0 Å². The maximum absolute atomic E-state index is 12.7. The minimum atomic E-state index is -3.65. The molecule has 2 N–H and O–H groups in total. The zero-order valence-electron chi connectivity index (χ0n) is 14.3. The number of benzene rings is 1. The van der Waals surface area contributed by atoms with Crippen LogP contribution < -0.4 is 10.0 Å². The van der Waals surface area contributed by atoms with Gasteiger partial charge in [0.05, 0.1) is 12.3 Å². The lowest BCUT2D eigenvalue weighted by Gasteiger charge is -2.22. The van der Waals surface area contributed by atoms with E-state index in [-0.39, 0.29) is 16.2 Å². The van der Waals surface area contributed by atoms with Gasteiger partial charge in [0, 0.05) is 23.2 Å². The van der Waals surface area contributed by atoms with Crippen LogP contribution in [0.15, 0.2) is 62.7 Å². The zero-order chi connectivity index (χ0) is 18.9. The van der Waals surface area contributed by atoms with Crippen molar-refractivity contribution < 1.29 is 17.6 Å². The van der Waals surface area contributed by atoms with Crippen molar-refractivity contribution in [3.63, 3.8) is 0 Å². The summed E-state index contributed by atoms with van der Waals surface area (Å²) in [7, 11) is -3.65. The molecule has 0 bridgehead atoms. The van der Waals surface area contributed by atoms with E-state index in [0.29, 0.717) is 11.3 Å². The first-order valence-corrected chi connectivity index (χ1v) is 10.9. The predicted octanol–water partition coefficient (Wildman–Crippen LogP) is 3.95. The van der Waals surface area contributed by atoms with Crippen LogP contribution in [0.1, 0.15) is 40.6 Å². The summed E-state index contributed by atoms with van der Waals surface area (Å²) < 4.78 is 32.9. The lowest BCUT2D eigenvalue weighted by atomic mass is 9.93. The summed E-state index contributed by atoms with van der Waals surface area (Å²) >= 11 is 1.14. The number of amides is 1. The summed E-state index contributed by atoms with van der Waals surface area (Å²) in [6.07, 6.45) is 4.33. The van der Waals surface area contributed by atoms with E-state index in [1.165, 1.54) is 6.07 Å². The van der Waals surface area contributed by atoms with E-state index in [0.717, 1.165) is 41.9 Å². The molecule has 1 aromatic carbocycles. The molecule has 0 aliphatic heterocycles. The lowest BCUT2D eigenvalue weighted by molar-refractivity contribution is 0.0932. The number of fused-ring (bicyclic) bond motifs is 1. The second-order valence-electron chi connectivity index (χ2n) is 6.34. The first-order chi connectivity index (χ1) is 13.0. The molecule has 0 saturated heterocycles. The average molecular weight is 402 g/mol. The molecule has 0 saturated carbocycles. The fourth-order valence-corrected chi connectivity index (χ4v) is 5.27. The summed E-state index contributed by atoms with van der Waals surface area (Å²) in [6, 6.07) is 11.5. The van der Waals surface area contributed by atoms with E-state index in [4.69, 9.17) is 4.42 Å². The van der Waals surface area contributed by atoms with Gasteiger partial charge in [0.1, 0.15) is 9.97 Å². The van der Waals surface area contributed by atoms with Crippen LogP contribution in [0.25, 0.3) is 0 Å². The SMILES string of the molecule is O=C(NC1CCCc2occc21)c1cccc(NS(=O)(=O)c2cccs2)c1. The van der Waals surface area contributed by atoms with Crippen LogP contribution in [0.2, 0.25) is 0 Å². The molecular formula is C19H18N2O4S2. The Kier molecular flexibility index (Phi) is 4.75. The Labute approximate surface area is 161 Å². The second kappa shape index (κ2) is 7.21. The molecule has 0 fully saturated rings. The molecule has 1 aliphatic carbocycles. The predicted molar refractivity (Wildman–Crippen MR) is 103 cm³/mol. The smallest absolute Gasteiger partial charge is 0.271 e. The van der Waals surface area contributed by atoms with Gasteiger partial charge in [-0.3, -0.25) is 9.52 Å². The maximum atomic E-state index is 12.7. The first kappa shape index (κ1) is 17.8. The third kappa shape index (κ3) is 3.77. The minimum Gasteiger partial charge on any atom is -0.469 e. The van der Waals surface area contributed by atoms with Gasteiger partial charge in [-0.25, -0.2) is 8.42 Å². The molecule has 1 amide bonds. The topological polar surface area (TPSA) is 88.4 Å². The van der Waals surface area contributed by atoms with Crippen molar-refractivity contribution in [2.24, 2.45) is 0 Å². The summed E-state index contributed by atoms with van der Waals surface area (Å²) in [4.78, 5) is 12.7. The zero-order valence-corrected chi connectivity index (χ0v) is 16.0. The van der Waals surface area contributed by atoms with Crippen LogP contribution >= 0.6 is 11.3 Å². The molecule has 1 atom stereocenters. The van der Waals surface area contributed by atoms with Gasteiger partial charge in [-0.15, -0.1) is 11.3 Å². The molecule has 4 rings (SSSR count). The molecule has 6 nitrogen and oxygen atoms in total. The van der Waals surface area contributed by atoms with E-state index < -0.39 is 10.0 Å². The molecule has 1 unspecified atom stereocenters. The van der Waals surface area contributed by atoms with Gasteiger partial charge < -0.3 is 9.73 Å². The Morgan fingerprint density at radius 3 is 2.89 bits per heavy atom. The number of anilines is 1. The quantitative estimate of drug-likeness (QED) is 0.676. The fraction of sp³-hybridized carbons (Fsp3) is 0.211. The highest BCUT2D eigenvalue weighted by Gasteiger charge is 2.24. The van der Waals surface area contributed by atoms with Gasteiger partial charge in [0.15, 0.2) is 0 Å². The average Bonchev–Trinajstić information content (AvgIpc) is 3.34. The van der Waals surface area contributed by atoms with Gasteiger partial charge in [-0.05, 0) is 48.6 Å². The lowest BCUT2D eigenvalue weighted by Crippen LogP contribution is -2.30. The number of hydrogen-bond donors (Lipinski definition) is 2. The molecule has 3 aromatic rings. The Balaban J connectivity index is 1.50. The molecule has 0 spiro atoms. The Morgan fingerprint density at radius 1 is 1.19 bits per heavy atom. The van der Waals surface area contributed by atoms with Crippen molar-refractivity contribution in [2.75, 3.05) is 4.72 Å². The van der Waals surface area contributed by atoms with Crippen molar-refractivity contribution in [3.05, 3.63) is 71.0 Å². The van der Waals surface area contributed by atoms with E-state index in [9.17, 15) is 13.2 Å². The molecule has 2 heterocycles. The van der Waals surface area contributed by atoms with Crippen LogP contribution in [0.5, 0.6) is 0 Å². The number of rotatable bonds is 5. The molecule has 2 aromatic heterocycles. The largest absolute Gasteiger partial charge is 0.469 e. The summed E-state index contributed by atoms with van der Waals surface area (Å²) in [5, 5.41) is 4.72. The summed E-state index contributed by atoms with van der Waals surface area (Å²) in [5.41, 5.74) is 1.77. The number of aryl methyl sites for hydroxylation is 1. The van der Waals surface area contributed by atoms with Crippen molar-refractivity contribution in [1.82, 2.24) is 5.32 Å². The van der Waals surface area contributed by atoms with E-state index in [2.05, 4.69) is 10.0 Å². The number of furan rings is 1. The van der Waals surface area contributed by atoms with E-state index in [1.807, 2.05) is 6.07 Å². The number of sulfonamides is 1. The third-order valence-electron chi connectivity index (χ3n) is 4.49. The van der Waals surface area contributed by atoms with Crippen LogP contribution in [0, 0.1) is 0 Å². The fourth-order valence-electron chi connectivity index (χ4n) is 3.22. The number of hydrogen-bond acceptors (Lipinski definition) is 5. The van der Waals surface area contributed by atoms with E-state index in [1.54, 1.807) is 42.0 Å². The first-order valence-electron chi connectivity index (χ1n) is 8.56. The Morgan fingerprint density at radius 2 is 2.07 bits per heavy atom. The second-order valence-corrected chi connectivity index (χ2v) is 9.19. The van der Waals surface area contributed by atoms with Gasteiger partial charge in [-0.1, -0.05) is 12.1 Å². The van der Waals surface area contributed by atoms with Gasteiger partial charge in [-0.2, -0.15) is 0 Å². The van der Waals surface area contributed by atoms with E-state index >= 15 is 0 Å². The van der Waals surface area contributed by atoms with Gasteiger partial charge in [0.25, 0.3) is 15.9 Å². The van der Waals surface area contributed by atoms with Crippen LogP contribution in [-0.2, 0) is 16.4 Å². The van der Waals surface area contributed by atoms with Gasteiger partial charge >= 0.3 is 0 Å². The molecule has 27 heavy (non-hydrogen) atoms. The number of nitrogens with one attached hydrogen (secondary N) is 2. The number of thiophene rings is 1. The van der Waals surface area contributed by atoms with Crippen LogP contribution in [0.3, 0.4) is 0 Å². The standard InChI is InChI=1S/C19H18N2O4S2/c22-19(20-16-6-2-7-17-15(16)9-10-25-17)13-4-1-5-14(12-13)21-27(23,24)18-8-3-11-26-18/h1,3-5,8-12,16,21H,2,6-7H2,(H,20,22). The van der Waals surface area contributed by atoms with Crippen LogP contribution in [0.4, 0.5) is 5.69 Å². The highest BCUT2D eigenvalue weighted by molar-refractivity contribution is 7.94. The Bertz CT molecular complexity index is 1060. The van der Waals surface area contributed by atoms with Crippen molar-refractivity contribution >= 4 is 33.0 Å². The normalized spacial score (nSPS) is 16.5. The highest BCUT2D eigenvalue weighted by atomic mass is 32.2. The summed E-state index contributed by atoms with van der Waals surface area (Å²) in [6.45, 7) is 0. The number of carbonyl (C=O) groups is 1. The minimum absolute atomic E-state index is 0.0912. The van der Waals surface area contributed by atoms with Crippen molar-refractivity contribution in [1.29, 1.82) is 0 Å². The molecule has 8 heteroatoms. The van der Waals surface area contributed by atoms with Crippen molar-refractivity contribution in [2.45, 2.75) is 29.5 Å². The van der Waals surface area contributed by atoms with Crippen molar-refractivity contribution in [3.8, 4) is 0 Å². The van der Waals surface area contributed by atoms with Crippen LogP contribution in [-0.4, -0.2) is 14.3 Å². The Hall–Kier alpha value is -2.58. The molecular weight excluding hydrogens is 384 g/mol. The highest BCUT2D eigenvalue weighted by Crippen LogP contribution is 2.30. The molecule has 0 radical (unpaired) electrons. The maximum Gasteiger partial charge on any atom is 0.271 e.